The second-order valence-corrected chi connectivity index (χ2v) is 18.0. The zero-order chi connectivity index (χ0) is 53.6. The Morgan fingerprint density at radius 3 is 0.711 bits per heavy atom. The smallest absolute Gasteiger partial charge is 0.339 e. The quantitative estimate of drug-likeness (QED) is 0.0793. The van der Waals surface area contributed by atoms with Crippen LogP contribution in [0.3, 0.4) is 0 Å². The van der Waals surface area contributed by atoms with Crippen molar-refractivity contribution in [3.63, 3.8) is 0 Å². The number of fused-ring (bicyclic) bond motifs is 4. The Kier molecular flexibility index (Phi) is 15.7. The summed E-state index contributed by atoms with van der Waals surface area (Å²) in [6, 6.07) is 22.9. The summed E-state index contributed by atoms with van der Waals surface area (Å²) >= 11 is 0. The maximum Gasteiger partial charge on any atom is 0.339 e. The SMILES string of the molecule is CCOC(=O)c1c(CC)cccc1C1=C2C=CC(=N2)C(c2cccc(CC)c2C(=O)OCC)=C2C=CC(=N2)C(c2cccc(CC)c2C(=O)OCC)=C2C=CC(=N2)C(c2cccc(CC)c2C(=O)OCC)=C2C=CC1=N2. The molecule has 0 atom stereocenters. The molecule has 8 bridgehead atoms. The van der Waals surface area contributed by atoms with Gasteiger partial charge in [0.25, 0.3) is 0 Å². The molecule has 4 aromatic carbocycles. The lowest BCUT2D eigenvalue weighted by molar-refractivity contribution is 0.0515. The zero-order valence-electron chi connectivity index (χ0n) is 44.3. The van der Waals surface area contributed by atoms with Gasteiger partial charge in [0.1, 0.15) is 0 Å². The highest BCUT2D eigenvalue weighted by Gasteiger charge is 2.34. The van der Waals surface area contributed by atoms with Crippen LogP contribution in [0.1, 0.15) is 141 Å². The Balaban J connectivity index is 1.47. The van der Waals surface area contributed by atoms with Gasteiger partial charge in [0.05, 0.1) is 94.3 Å². The minimum atomic E-state index is -0.483. The second-order valence-electron chi connectivity index (χ2n) is 18.0. The van der Waals surface area contributed by atoms with E-state index in [4.69, 9.17) is 38.9 Å². The maximum absolute atomic E-state index is 14.2. The van der Waals surface area contributed by atoms with Crippen LogP contribution in [0.5, 0.6) is 0 Å². The highest BCUT2D eigenvalue weighted by molar-refractivity contribution is 6.41. The van der Waals surface area contributed by atoms with Crippen LogP contribution < -0.4 is 0 Å². The molecule has 4 aromatic rings. The normalized spacial score (nSPS) is 15.4. The molecule has 12 heteroatoms. The van der Waals surface area contributed by atoms with Crippen LogP contribution in [0.15, 0.2) is 164 Å². The van der Waals surface area contributed by atoms with Gasteiger partial charge >= 0.3 is 23.9 Å². The third-order valence-electron chi connectivity index (χ3n) is 13.7. The average Bonchev–Trinajstić information content (AvgIpc) is 4.30. The highest BCUT2D eigenvalue weighted by Crippen LogP contribution is 2.42. The van der Waals surface area contributed by atoms with Gasteiger partial charge < -0.3 is 18.9 Å². The first-order valence-corrected chi connectivity index (χ1v) is 26.3. The molecular formula is C64H60N4O8. The Morgan fingerprint density at radius 2 is 0.526 bits per heavy atom. The summed E-state index contributed by atoms with van der Waals surface area (Å²) in [5, 5.41) is 0. The number of nitrogens with zero attached hydrogens (tertiary/aromatic N) is 4. The second kappa shape index (κ2) is 22.9. The van der Waals surface area contributed by atoms with Gasteiger partial charge in [-0.1, -0.05) is 100 Å². The van der Waals surface area contributed by atoms with E-state index in [9.17, 15) is 19.2 Å². The van der Waals surface area contributed by atoms with Gasteiger partial charge in [0.2, 0.25) is 0 Å². The molecule has 76 heavy (non-hydrogen) atoms. The Bertz CT molecular complexity index is 3060. The summed E-state index contributed by atoms with van der Waals surface area (Å²) in [7, 11) is 0. The maximum atomic E-state index is 14.2. The first kappa shape index (κ1) is 52.2. The molecule has 0 unspecified atom stereocenters. The van der Waals surface area contributed by atoms with Crippen molar-refractivity contribution in [1.82, 2.24) is 0 Å². The molecule has 0 spiro atoms. The van der Waals surface area contributed by atoms with Gasteiger partial charge in [-0.15, -0.1) is 0 Å². The zero-order valence-corrected chi connectivity index (χ0v) is 44.3. The molecule has 0 saturated carbocycles. The summed E-state index contributed by atoms with van der Waals surface area (Å²) in [5.41, 5.74) is 13.0. The van der Waals surface area contributed by atoms with Crippen LogP contribution in [0, 0.1) is 0 Å². The standard InChI is InChI=1S/C64H60N4O8/c1-9-37-21-17-25-41(53(37)61(69)73-13-5)57-45-29-31-47(65-45)58(42-26-18-22-38(10-2)54(42)62(70)74-14-6)49-33-35-51(67-49)60(44-28-20-24-40(12-4)56(44)64(72)76-16-8)52-36-34-50(68-52)59(48-32-30-46(57)66-48)43-27-19-23-39(11-3)55(43)63(71)75-15-7/h17-36H,9-16H2,1-8H3. The third-order valence-corrected chi connectivity index (χ3v) is 13.7. The summed E-state index contributed by atoms with van der Waals surface area (Å²) in [4.78, 5) is 78.7. The fourth-order valence-electron chi connectivity index (χ4n) is 10.4. The van der Waals surface area contributed by atoms with E-state index in [0.29, 0.717) is 138 Å². The molecule has 0 aliphatic carbocycles. The van der Waals surface area contributed by atoms with Crippen LogP contribution in [0.25, 0.3) is 22.3 Å². The predicted molar refractivity (Wildman–Crippen MR) is 301 cm³/mol. The Labute approximate surface area is 443 Å². The predicted octanol–water partition coefficient (Wildman–Crippen LogP) is 12.6. The van der Waals surface area contributed by atoms with Crippen LogP contribution in [0.4, 0.5) is 0 Å². The van der Waals surface area contributed by atoms with Crippen molar-refractivity contribution in [2.24, 2.45) is 20.0 Å². The van der Waals surface area contributed by atoms with Gasteiger partial charge in [-0.3, -0.25) is 0 Å². The lowest BCUT2D eigenvalue weighted by Crippen LogP contribution is -2.15. The first-order valence-electron chi connectivity index (χ1n) is 26.3. The molecule has 0 N–H and O–H groups in total. The minimum Gasteiger partial charge on any atom is -0.462 e. The molecule has 384 valence electrons. The first-order chi connectivity index (χ1) is 37.0. The van der Waals surface area contributed by atoms with Crippen LogP contribution >= 0.6 is 0 Å². The minimum absolute atomic E-state index is 0.162. The molecule has 12 nitrogen and oxygen atoms in total. The van der Waals surface area contributed by atoms with Crippen molar-refractivity contribution in [2.45, 2.75) is 81.1 Å². The largest absolute Gasteiger partial charge is 0.462 e. The molecule has 9 rings (SSSR count). The number of hydrogen-bond acceptors (Lipinski definition) is 12. The van der Waals surface area contributed by atoms with Gasteiger partial charge in [-0.2, -0.15) is 0 Å². The fraction of sp³-hybridized carbons (Fsp3) is 0.250. The van der Waals surface area contributed by atoms with Crippen LogP contribution in [-0.4, -0.2) is 73.2 Å². The molecule has 0 saturated heterocycles. The van der Waals surface area contributed by atoms with Crippen LogP contribution in [-0.2, 0) is 44.6 Å². The highest BCUT2D eigenvalue weighted by atomic mass is 16.5. The number of ether oxygens (including phenoxy) is 4. The molecular weight excluding hydrogens is 953 g/mol. The number of allylic oxidation sites excluding steroid dienone is 12. The molecule has 5 heterocycles. The molecule has 0 fully saturated rings. The van der Waals surface area contributed by atoms with E-state index in [1.807, 2.05) is 149 Å². The van der Waals surface area contributed by atoms with Crippen molar-refractivity contribution < 1.29 is 38.1 Å². The number of hydrogen-bond donors (Lipinski definition) is 0. The van der Waals surface area contributed by atoms with E-state index < -0.39 is 23.9 Å². The van der Waals surface area contributed by atoms with Crippen molar-refractivity contribution in [1.29, 1.82) is 0 Å². The number of carbonyl (C=O) groups is 4. The van der Waals surface area contributed by atoms with Crippen molar-refractivity contribution in [3.8, 4) is 0 Å². The number of aryl methyl sites for hydroxylation is 4. The number of aliphatic imine (C=N–C) groups is 4. The Hall–Kier alpha value is -8.64. The van der Waals surface area contributed by atoms with Crippen molar-refractivity contribution >= 4 is 69.0 Å². The molecule has 5 aliphatic rings. The van der Waals surface area contributed by atoms with E-state index in [0.717, 1.165) is 22.3 Å². The topological polar surface area (TPSA) is 155 Å². The monoisotopic (exact) mass is 1010 g/mol. The average molecular weight is 1010 g/mol. The molecule has 0 radical (unpaired) electrons. The summed E-state index contributed by atoms with van der Waals surface area (Å²) < 4.78 is 23.0. The van der Waals surface area contributed by atoms with Gasteiger partial charge in [-0.05, 0) is 124 Å². The molecule has 0 aromatic heterocycles. The number of benzene rings is 4. The Morgan fingerprint density at radius 1 is 0.316 bits per heavy atom. The summed E-state index contributed by atoms with van der Waals surface area (Å²) in [6.45, 7) is 15.7. The summed E-state index contributed by atoms with van der Waals surface area (Å²) in [6.07, 6.45) is 17.3. The van der Waals surface area contributed by atoms with Crippen LogP contribution in [0.2, 0.25) is 0 Å². The van der Waals surface area contributed by atoms with Gasteiger partial charge in [0, 0.05) is 44.5 Å². The van der Waals surface area contributed by atoms with Crippen molar-refractivity contribution in [2.75, 3.05) is 26.4 Å². The number of carbonyl (C=O) groups excluding carboxylic acids is 4. The lowest BCUT2D eigenvalue weighted by Gasteiger charge is -2.18. The summed E-state index contributed by atoms with van der Waals surface area (Å²) in [5.74, 6) is -1.93. The van der Waals surface area contributed by atoms with E-state index in [1.54, 1.807) is 27.7 Å². The van der Waals surface area contributed by atoms with Crippen molar-refractivity contribution in [3.05, 3.63) is 211 Å². The van der Waals surface area contributed by atoms with E-state index in [2.05, 4.69) is 0 Å². The number of esters is 4. The van der Waals surface area contributed by atoms with E-state index in [1.165, 1.54) is 0 Å². The van der Waals surface area contributed by atoms with E-state index >= 15 is 0 Å². The lowest BCUT2D eigenvalue weighted by atomic mass is 9.90. The van der Waals surface area contributed by atoms with Gasteiger partial charge in [-0.25, -0.2) is 39.1 Å². The molecule has 0 amide bonds. The third kappa shape index (κ3) is 9.67. The number of rotatable bonds is 16. The molecule has 5 aliphatic heterocycles. The van der Waals surface area contributed by atoms with E-state index in [-0.39, 0.29) is 26.4 Å². The fourth-order valence-corrected chi connectivity index (χ4v) is 10.4. The van der Waals surface area contributed by atoms with Gasteiger partial charge in [0.15, 0.2) is 0 Å².